The molecule has 0 radical (unpaired) electrons. The minimum Gasteiger partial charge on any atom is -0.341 e. The van der Waals surface area contributed by atoms with E-state index in [9.17, 15) is 9.59 Å². The van der Waals surface area contributed by atoms with Crippen LogP contribution in [0.2, 0.25) is 0 Å². The maximum absolute atomic E-state index is 13.0. The topological polar surface area (TPSA) is 64.0 Å². The van der Waals surface area contributed by atoms with Gasteiger partial charge in [0.15, 0.2) is 0 Å². The first-order valence-electron chi connectivity index (χ1n) is 9.50. The van der Waals surface area contributed by atoms with E-state index < -0.39 is 11.7 Å². The Morgan fingerprint density at radius 2 is 1.90 bits per heavy atom. The van der Waals surface area contributed by atoms with Gasteiger partial charge in [-0.05, 0) is 41.8 Å². The van der Waals surface area contributed by atoms with Crippen LogP contribution in [0.25, 0.3) is 21.8 Å². The summed E-state index contributed by atoms with van der Waals surface area (Å²) < 4.78 is 2.02. The largest absolute Gasteiger partial charge is 0.341 e. The van der Waals surface area contributed by atoms with Crippen molar-refractivity contribution in [2.24, 2.45) is 0 Å². The van der Waals surface area contributed by atoms with E-state index in [1.165, 1.54) is 4.88 Å². The molecule has 0 bridgehead atoms. The fourth-order valence-electron chi connectivity index (χ4n) is 3.59. The highest BCUT2D eigenvalue weighted by Gasteiger charge is 2.22. The van der Waals surface area contributed by atoms with Gasteiger partial charge in [0.05, 0.1) is 17.6 Å². The minimum atomic E-state index is -0.655. The molecule has 0 aliphatic carbocycles. The molecule has 5 nitrogen and oxygen atoms in total. The van der Waals surface area contributed by atoms with E-state index in [-0.39, 0.29) is 0 Å². The molecule has 3 heterocycles. The van der Waals surface area contributed by atoms with Gasteiger partial charge in [-0.15, -0.1) is 11.3 Å². The van der Waals surface area contributed by atoms with Crippen LogP contribution in [0, 0.1) is 0 Å². The number of carbonyl (C=O) groups is 2. The second-order valence-corrected chi connectivity index (χ2v) is 7.99. The van der Waals surface area contributed by atoms with Crippen LogP contribution in [-0.2, 0) is 11.3 Å². The quantitative estimate of drug-likeness (QED) is 0.322. The molecule has 0 atom stereocenters. The molecule has 0 saturated carbocycles. The monoisotopic (exact) mass is 411 g/mol. The van der Waals surface area contributed by atoms with Gasteiger partial charge in [-0.25, -0.2) is 0 Å². The maximum Gasteiger partial charge on any atom is 0.296 e. The summed E-state index contributed by atoms with van der Waals surface area (Å²) in [6.07, 6.45) is 3.49. The van der Waals surface area contributed by atoms with Gasteiger partial charge in [-0.3, -0.25) is 14.6 Å². The molecule has 1 amide bonds. The summed E-state index contributed by atoms with van der Waals surface area (Å²) in [5.74, 6) is -1.21. The van der Waals surface area contributed by atoms with Crippen molar-refractivity contribution in [1.82, 2.24) is 9.55 Å². The molecule has 3 aromatic heterocycles. The number of ketones is 1. The molecule has 0 saturated heterocycles. The number of hydrogen-bond donors (Lipinski definition) is 1. The summed E-state index contributed by atoms with van der Waals surface area (Å²) in [5, 5.41) is 6.43. The van der Waals surface area contributed by atoms with Gasteiger partial charge in [0.25, 0.3) is 11.7 Å². The van der Waals surface area contributed by atoms with Gasteiger partial charge in [-0.1, -0.05) is 30.3 Å². The number of fused-ring (bicyclic) bond motifs is 2. The summed E-state index contributed by atoms with van der Waals surface area (Å²) in [4.78, 5) is 31.2. The number of hydrogen-bond acceptors (Lipinski definition) is 4. The van der Waals surface area contributed by atoms with Crippen LogP contribution < -0.4 is 5.32 Å². The van der Waals surface area contributed by atoms with Gasteiger partial charge < -0.3 is 9.88 Å². The Bertz CT molecular complexity index is 1390. The molecule has 0 unspecified atom stereocenters. The highest BCUT2D eigenvalue weighted by molar-refractivity contribution is 7.09. The van der Waals surface area contributed by atoms with Crippen molar-refractivity contribution in [2.45, 2.75) is 6.54 Å². The van der Waals surface area contributed by atoms with E-state index >= 15 is 0 Å². The van der Waals surface area contributed by atoms with Gasteiger partial charge in [0.1, 0.15) is 0 Å². The third-order valence-corrected chi connectivity index (χ3v) is 5.87. The van der Waals surface area contributed by atoms with E-state index in [2.05, 4.69) is 16.4 Å². The van der Waals surface area contributed by atoms with E-state index in [4.69, 9.17) is 0 Å². The first-order valence-corrected chi connectivity index (χ1v) is 10.4. The summed E-state index contributed by atoms with van der Waals surface area (Å²) >= 11 is 1.66. The SMILES string of the molecule is O=C(Nc1ccc2ncccc2c1)C(=O)c1cn(Cc2cccs2)c2ccccc12. The smallest absolute Gasteiger partial charge is 0.296 e. The third kappa shape index (κ3) is 3.38. The lowest BCUT2D eigenvalue weighted by Gasteiger charge is -2.05. The van der Waals surface area contributed by atoms with Gasteiger partial charge >= 0.3 is 0 Å². The third-order valence-electron chi connectivity index (χ3n) is 5.01. The number of pyridine rings is 1. The first-order chi connectivity index (χ1) is 14.7. The lowest BCUT2D eigenvalue weighted by Crippen LogP contribution is -2.22. The Morgan fingerprint density at radius 1 is 1.00 bits per heavy atom. The van der Waals surface area contributed by atoms with E-state index in [1.807, 2.05) is 64.5 Å². The summed E-state index contributed by atoms with van der Waals surface area (Å²) in [5.41, 5.74) is 2.73. The maximum atomic E-state index is 13.0. The van der Waals surface area contributed by atoms with E-state index in [0.29, 0.717) is 17.8 Å². The average Bonchev–Trinajstić information content (AvgIpc) is 3.42. The molecule has 1 N–H and O–H groups in total. The number of rotatable bonds is 5. The van der Waals surface area contributed by atoms with Crippen molar-refractivity contribution in [1.29, 1.82) is 0 Å². The van der Waals surface area contributed by atoms with Gasteiger partial charge in [0, 0.05) is 39.2 Å². The zero-order chi connectivity index (χ0) is 20.5. The molecule has 2 aromatic carbocycles. The highest BCUT2D eigenvalue weighted by atomic mass is 32.1. The van der Waals surface area contributed by atoms with E-state index in [0.717, 1.165) is 21.8 Å². The number of nitrogens with zero attached hydrogens (tertiary/aromatic N) is 2. The molecule has 0 aliphatic heterocycles. The molecular formula is C24H17N3O2S. The molecular weight excluding hydrogens is 394 g/mol. The lowest BCUT2D eigenvalue weighted by molar-refractivity contribution is -0.112. The number of benzene rings is 2. The number of para-hydroxylation sites is 1. The van der Waals surface area contributed by atoms with Crippen LogP contribution in [0.4, 0.5) is 5.69 Å². The number of anilines is 1. The normalized spacial score (nSPS) is 11.1. The van der Waals surface area contributed by atoms with Crippen molar-refractivity contribution < 1.29 is 9.59 Å². The van der Waals surface area contributed by atoms with Crippen molar-refractivity contribution in [3.63, 3.8) is 0 Å². The summed E-state index contributed by atoms with van der Waals surface area (Å²) in [6, 6.07) is 20.9. The molecule has 0 spiro atoms. The molecule has 146 valence electrons. The molecule has 5 rings (SSSR count). The zero-order valence-corrected chi connectivity index (χ0v) is 16.7. The average molecular weight is 411 g/mol. The number of thiophene rings is 1. The first kappa shape index (κ1) is 18.3. The fraction of sp³-hybridized carbons (Fsp3) is 0.0417. The molecule has 0 aliphatic rings. The van der Waals surface area contributed by atoms with Crippen molar-refractivity contribution in [3.05, 3.63) is 94.9 Å². The number of amides is 1. The highest BCUT2D eigenvalue weighted by Crippen LogP contribution is 2.25. The Labute approximate surface area is 176 Å². The van der Waals surface area contributed by atoms with Crippen LogP contribution >= 0.6 is 11.3 Å². The van der Waals surface area contributed by atoms with Crippen LogP contribution in [0.3, 0.4) is 0 Å². The number of Topliss-reactive ketones (excluding diaryl/α,β-unsaturated/α-hetero) is 1. The summed E-state index contributed by atoms with van der Waals surface area (Å²) in [6.45, 7) is 0.657. The Kier molecular flexibility index (Phi) is 4.61. The molecule has 0 fully saturated rings. The van der Waals surface area contributed by atoms with Crippen molar-refractivity contribution >= 4 is 50.5 Å². The van der Waals surface area contributed by atoms with Gasteiger partial charge in [0.2, 0.25) is 0 Å². The number of carbonyl (C=O) groups excluding carboxylic acids is 2. The fourth-order valence-corrected chi connectivity index (χ4v) is 4.30. The molecule has 6 heteroatoms. The predicted octanol–water partition coefficient (Wildman–Crippen LogP) is 5.12. The van der Waals surface area contributed by atoms with Crippen LogP contribution in [0.15, 0.2) is 84.5 Å². The second-order valence-electron chi connectivity index (χ2n) is 6.96. The summed E-state index contributed by atoms with van der Waals surface area (Å²) in [7, 11) is 0. The van der Waals surface area contributed by atoms with Crippen molar-refractivity contribution in [3.8, 4) is 0 Å². The van der Waals surface area contributed by atoms with Crippen molar-refractivity contribution in [2.75, 3.05) is 5.32 Å². The van der Waals surface area contributed by atoms with Crippen LogP contribution in [0.1, 0.15) is 15.2 Å². The minimum absolute atomic E-state index is 0.405. The van der Waals surface area contributed by atoms with Crippen LogP contribution in [-0.4, -0.2) is 21.2 Å². The van der Waals surface area contributed by atoms with Crippen LogP contribution in [0.5, 0.6) is 0 Å². The Balaban J connectivity index is 1.45. The zero-order valence-electron chi connectivity index (χ0n) is 15.9. The predicted molar refractivity (Wildman–Crippen MR) is 120 cm³/mol. The van der Waals surface area contributed by atoms with Gasteiger partial charge in [-0.2, -0.15) is 0 Å². The number of aromatic nitrogens is 2. The molecule has 5 aromatic rings. The Hall–Kier alpha value is -3.77. The van der Waals surface area contributed by atoms with E-state index in [1.54, 1.807) is 29.8 Å². The lowest BCUT2D eigenvalue weighted by atomic mass is 10.1. The Morgan fingerprint density at radius 3 is 2.77 bits per heavy atom. The standard InChI is InChI=1S/C24H17N3O2S/c28-23(24(29)26-17-9-10-21-16(13-17)5-3-11-25-21)20-15-27(14-18-6-4-12-30-18)22-8-2-1-7-19(20)22/h1-13,15H,14H2,(H,26,29). The second kappa shape index (κ2) is 7.57. The number of nitrogens with one attached hydrogen (secondary N) is 1. The molecule has 30 heavy (non-hydrogen) atoms.